The van der Waals surface area contributed by atoms with Gasteiger partial charge >= 0.3 is 0 Å². The first-order valence-electron chi connectivity index (χ1n) is 6.86. The van der Waals surface area contributed by atoms with E-state index < -0.39 is 10.0 Å². The van der Waals surface area contributed by atoms with Gasteiger partial charge in [0, 0.05) is 25.2 Å². The normalized spacial score (nSPS) is 26.9. The van der Waals surface area contributed by atoms with E-state index in [-0.39, 0.29) is 16.5 Å². The van der Waals surface area contributed by atoms with Crippen molar-refractivity contribution >= 4 is 10.0 Å². The predicted molar refractivity (Wildman–Crippen MR) is 74.5 cm³/mol. The number of nitrogens with one attached hydrogen (secondary N) is 1. The molecule has 2 unspecified atom stereocenters. The monoisotopic (exact) mass is 291 g/mol. The Bertz CT molecular complexity index is 651. The average molecular weight is 291 g/mol. The minimum Gasteiger partial charge on any atom is -0.310 e. The molecule has 0 amide bonds. The van der Waals surface area contributed by atoms with Crippen LogP contribution in [0.25, 0.3) is 0 Å². The summed E-state index contributed by atoms with van der Waals surface area (Å²) in [5.41, 5.74) is 0.217. The highest BCUT2D eigenvalue weighted by Crippen LogP contribution is 2.26. The van der Waals surface area contributed by atoms with Crippen LogP contribution in [0.3, 0.4) is 0 Å². The molecule has 0 radical (unpaired) electrons. The van der Waals surface area contributed by atoms with Crippen LogP contribution < -0.4 is 5.32 Å². The Balaban J connectivity index is 1.94. The summed E-state index contributed by atoms with van der Waals surface area (Å²) >= 11 is 0. The van der Waals surface area contributed by atoms with Crippen molar-refractivity contribution in [1.82, 2.24) is 9.62 Å². The Kier molecular flexibility index (Phi) is 3.50. The van der Waals surface area contributed by atoms with Gasteiger partial charge in [0.05, 0.1) is 10.5 Å². The molecule has 1 aromatic rings. The Morgan fingerprint density at radius 3 is 2.75 bits per heavy atom. The third-order valence-corrected chi connectivity index (χ3v) is 6.03. The van der Waals surface area contributed by atoms with Gasteiger partial charge in [-0.3, -0.25) is 0 Å². The first-order valence-corrected chi connectivity index (χ1v) is 8.30. The van der Waals surface area contributed by atoms with Crippen molar-refractivity contribution in [3.05, 3.63) is 29.8 Å². The topological polar surface area (TPSA) is 73.2 Å². The van der Waals surface area contributed by atoms with E-state index >= 15 is 0 Å². The molecular formula is C14H17N3O2S. The Morgan fingerprint density at radius 2 is 1.95 bits per heavy atom. The number of sulfonamides is 1. The van der Waals surface area contributed by atoms with Gasteiger partial charge in [-0.05, 0) is 31.4 Å². The van der Waals surface area contributed by atoms with E-state index in [1.54, 1.807) is 18.2 Å². The largest absolute Gasteiger partial charge is 0.310 e. The lowest BCUT2D eigenvalue weighted by molar-refractivity contribution is 0.383. The van der Waals surface area contributed by atoms with E-state index in [0.717, 1.165) is 19.3 Å². The van der Waals surface area contributed by atoms with Gasteiger partial charge < -0.3 is 5.32 Å². The Morgan fingerprint density at radius 1 is 1.20 bits per heavy atom. The molecule has 2 atom stereocenters. The van der Waals surface area contributed by atoms with Crippen LogP contribution in [0.4, 0.5) is 0 Å². The summed E-state index contributed by atoms with van der Waals surface area (Å²) in [6.07, 6.45) is 2.99. The molecule has 2 aliphatic rings. The van der Waals surface area contributed by atoms with Crippen molar-refractivity contribution in [2.75, 3.05) is 13.1 Å². The molecule has 5 nitrogen and oxygen atoms in total. The maximum absolute atomic E-state index is 12.7. The molecular weight excluding hydrogens is 274 g/mol. The molecule has 3 rings (SSSR count). The SMILES string of the molecule is N#Cc1ccccc1S(=O)(=O)N1CCC2CCC(C1)N2. The summed E-state index contributed by atoms with van der Waals surface area (Å²) in [4.78, 5) is 0.125. The highest BCUT2D eigenvalue weighted by atomic mass is 32.2. The number of fused-ring (bicyclic) bond motifs is 2. The van der Waals surface area contributed by atoms with Crippen molar-refractivity contribution in [1.29, 1.82) is 5.26 Å². The van der Waals surface area contributed by atoms with E-state index in [9.17, 15) is 8.42 Å². The van der Waals surface area contributed by atoms with E-state index in [1.165, 1.54) is 10.4 Å². The summed E-state index contributed by atoms with van der Waals surface area (Å²) < 4.78 is 27.0. The van der Waals surface area contributed by atoms with E-state index in [1.807, 2.05) is 6.07 Å². The number of nitriles is 1. The number of benzene rings is 1. The molecule has 106 valence electrons. The van der Waals surface area contributed by atoms with Gasteiger partial charge in [0.15, 0.2) is 0 Å². The second-order valence-electron chi connectivity index (χ2n) is 5.40. The zero-order valence-corrected chi connectivity index (χ0v) is 11.9. The van der Waals surface area contributed by atoms with Gasteiger partial charge in [-0.2, -0.15) is 9.57 Å². The Hall–Kier alpha value is -1.42. The molecule has 6 heteroatoms. The van der Waals surface area contributed by atoms with Crippen molar-refractivity contribution in [3.8, 4) is 6.07 Å². The zero-order chi connectivity index (χ0) is 14.2. The smallest absolute Gasteiger partial charge is 0.244 e. The fourth-order valence-electron chi connectivity index (χ4n) is 3.05. The number of hydrogen-bond donors (Lipinski definition) is 1. The molecule has 2 heterocycles. The van der Waals surface area contributed by atoms with Crippen molar-refractivity contribution in [3.63, 3.8) is 0 Å². The van der Waals surface area contributed by atoms with Gasteiger partial charge in [-0.15, -0.1) is 0 Å². The fraction of sp³-hybridized carbons (Fsp3) is 0.500. The Labute approximate surface area is 119 Å². The van der Waals surface area contributed by atoms with Crippen LogP contribution in [0.2, 0.25) is 0 Å². The lowest BCUT2D eigenvalue weighted by Gasteiger charge is -2.24. The van der Waals surface area contributed by atoms with Gasteiger partial charge in [0.25, 0.3) is 0 Å². The van der Waals surface area contributed by atoms with Crippen LogP contribution in [0.15, 0.2) is 29.2 Å². The summed E-state index contributed by atoms with van der Waals surface area (Å²) in [5.74, 6) is 0. The molecule has 1 aromatic carbocycles. The van der Waals surface area contributed by atoms with Crippen LogP contribution in [0.5, 0.6) is 0 Å². The highest BCUT2D eigenvalue weighted by molar-refractivity contribution is 7.89. The molecule has 0 aromatic heterocycles. The molecule has 0 saturated carbocycles. The van der Waals surface area contributed by atoms with Gasteiger partial charge in [0.1, 0.15) is 6.07 Å². The van der Waals surface area contributed by atoms with Crippen LogP contribution in [0, 0.1) is 11.3 Å². The van der Waals surface area contributed by atoms with Crippen molar-refractivity contribution in [2.24, 2.45) is 0 Å². The third-order valence-electron chi connectivity index (χ3n) is 4.11. The minimum atomic E-state index is -3.58. The van der Waals surface area contributed by atoms with Crippen molar-refractivity contribution in [2.45, 2.75) is 36.2 Å². The standard InChI is InChI=1S/C14H17N3O2S/c15-9-11-3-1-2-4-14(11)20(18,19)17-8-7-12-5-6-13(10-17)16-12/h1-4,12-13,16H,5-8,10H2. The summed E-state index contributed by atoms with van der Waals surface area (Å²) in [6.45, 7) is 1.02. The summed E-state index contributed by atoms with van der Waals surface area (Å²) in [6, 6.07) is 9.06. The number of hydrogen-bond acceptors (Lipinski definition) is 4. The second kappa shape index (κ2) is 5.17. The molecule has 2 fully saturated rings. The number of rotatable bonds is 2. The first-order chi connectivity index (χ1) is 9.61. The molecule has 0 spiro atoms. The zero-order valence-electron chi connectivity index (χ0n) is 11.1. The van der Waals surface area contributed by atoms with Crippen LogP contribution in [0.1, 0.15) is 24.8 Å². The molecule has 0 aliphatic carbocycles. The second-order valence-corrected chi connectivity index (χ2v) is 7.30. The lowest BCUT2D eigenvalue weighted by atomic mass is 10.1. The summed E-state index contributed by atoms with van der Waals surface area (Å²) in [7, 11) is -3.58. The van der Waals surface area contributed by atoms with Gasteiger partial charge in [-0.1, -0.05) is 12.1 Å². The minimum absolute atomic E-state index is 0.125. The quantitative estimate of drug-likeness (QED) is 0.884. The van der Waals surface area contributed by atoms with Crippen LogP contribution in [-0.2, 0) is 10.0 Å². The molecule has 2 bridgehead atoms. The average Bonchev–Trinajstić information content (AvgIpc) is 2.77. The molecule has 1 N–H and O–H groups in total. The van der Waals surface area contributed by atoms with E-state index in [4.69, 9.17) is 5.26 Å². The van der Waals surface area contributed by atoms with E-state index in [2.05, 4.69) is 5.32 Å². The lowest BCUT2D eigenvalue weighted by Crippen LogP contribution is -2.39. The predicted octanol–water partition coefficient (Wildman–Crippen LogP) is 1.07. The highest BCUT2D eigenvalue weighted by Gasteiger charge is 2.35. The van der Waals surface area contributed by atoms with Crippen LogP contribution >= 0.6 is 0 Å². The van der Waals surface area contributed by atoms with Crippen molar-refractivity contribution < 1.29 is 8.42 Å². The number of nitrogens with zero attached hydrogens (tertiary/aromatic N) is 2. The maximum Gasteiger partial charge on any atom is 0.244 e. The first kappa shape index (κ1) is 13.6. The molecule has 2 saturated heterocycles. The molecule has 2 aliphatic heterocycles. The van der Waals surface area contributed by atoms with Gasteiger partial charge in [-0.25, -0.2) is 8.42 Å². The third kappa shape index (κ3) is 2.33. The van der Waals surface area contributed by atoms with Gasteiger partial charge in [0.2, 0.25) is 10.0 Å². The maximum atomic E-state index is 12.7. The molecule has 20 heavy (non-hydrogen) atoms. The van der Waals surface area contributed by atoms with Crippen LogP contribution in [-0.4, -0.2) is 37.9 Å². The fourth-order valence-corrected chi connectivity index (χ4v) is 4.69. The van der Waals surface area contributed by atoms with E-state index in [0.29, 0.717) is 19.1 Å². The summed E-state index contributed by atoms with van der Waals surface area (Å²) in [5, 5.41) is 12.6.